The molecular weight excluding hydrogens is 460 g/mol. The quantitative estimate of drug-likeness (QED) is 0.474. The SMILES string of the molecule is C[C@H](NC(=O)c1cc(C(F)F)nc(C(F)F)c1)c1nc(C2CC2)nn1-c1cnc(C(N)=O)cn1. The molecule has 0 aliphatic heterocycles. The molecule has 3 N–H and O–H groups in total. The van der Waals surface area contributed by atoms with E-state index in [1.54, 1.807) is 6.92 Å². The lowest BCUT2D eigenvalue weighted by atomic mass is 10.1. The number of carbonyl (C=O) groups is 2. The van der Waals surface area contributed by atoms with E-state index in [9.17, 15) is 27.2 Å². The lowest BCUT2D eigenvalue weighted by Crippen LogP contribution is -2.29. The number of halogens is 4. The molecule has 4 rings (SSSR count). The summed E-state index contributed by atoms with van der Waals surface area (Å²) in [6.07, 6.45) is -2.06. The van der Waals surface area contributed by atoms with Gasteiger partial charge in [0.2, 0.25) is 0 Å². The van der Waals surface area contributed by atoms with Crippen molar-refractivity contribution in [1.82, 2.24) is 35.0 Å². The maximum Gasteiger partial charge on any atom is 0.280 e. The number of pyridine rings is 1. The maximum absolute atomic E-state index is 13.1. The minimum absolute atomic E-state index is 0.0588. The Balaban J connectivity index is 1.64. The second kappa shape index (κ2) is 9.11. The molecule has 0 radical (unpaired) electrons. The van der Waals surface area contributed by atoms with Crippen LogP contribution in [0.2, 0.25) is 0 Å². The highest BCUT2D eigenvalue weighted by Gasteiger charge is 2.31. The van der Waals surface area contributed by atoms with Crippen LogP contribution in [-0.4, -0.2) is 41.5 Å². The highest BCUT2D eigenvalue weighted by atomic mass is 19.3. The number of alkyl halides is 4. The zero-order valence-corrected chi connectivity index (χ0v) is 17.6. The third kappa shape index (κ3) is 4.84. The fourth-order valence-corrected chi connectivity index (χ4v) is 3.14. The van der Waals surface area contributed by atoms with Crippen molar-refractivity contribution in [3.8, 4) is 5.82 Å². The molecule has 14 heteroatoms. The molecule has 1 aliphatic carbocycles. The number of aromatic nitrogens is 6. The van der Waals surface area contributed by atoms with Crippen molar-refractivity contribution in [2.75, 3.05) is 0 Å². The first-order chi connectivity index (χ1) is 16.1. The molecular formula is C20H18F4N8O2. The molecule has 3 heterocycles. The number of primary amides is 1. The number of rotatable bonds is 8. The monoisotopic (exact) mass is 478 g/mol. The fraction of sp³-hybridized carbons (Fsp3) is 0.350. The minimum atomic E-state index is -3.13. The van der Waals surface area contributed by atoms with Gasteiger partial charge in [0.1, 0.15) is 17.1 Å². The van der Waals surface area contributed by atoms with Crippen LogP contribution >= 0.6 is 0 Å². The van der Waals surface area contributed by atoms with Gasteiger partial charge in [-0.25, -0.2) is 37.5 Å². The van der Waals surface area contributed by atoms with Gasteiger partial charge in [0, 0.05) is 11.5 Å². The summed E-state index contributed by atoms with van der Waals surface area (Å²) in [5, 5.41) is 6.97. The third-order valence-electron chi connectivity index (χ3n) is 5.01. The van der Waals surface area contributed by atoms with E-state index in [-0.39, 0.29) is 23.3 Å². The normalized spacial score (nSPS) is 14.4. The van der Waals surface area contributed by atoms with E-state index in [1.165, 1.54) is 10.9 Å². The molecule has 1 fully saturated rings. The van der Waals surface area contributed by atoms with Crippen LogP contribution in [0.4, 0.5) is 17.6 Å². The molecule has 10 nitrogen and oxygen atoms in total. The van der Waals surface area contributed by atoms with Crippen LogP contribution in [0, 0.1) is 0 Å². The summed E-state index contributed by atoms with van der Waals surface area (Å²) >= 11 is 0. The maximum atomic E-state index is 13.1. The van der Waals surface area contributed by atoms with Gasteiger partial charge in [0.15, 0.2) is 17.5 Å². The number of nitrogens with zero attached hydrogens (tertiary/aromatic N) is 6. The second-order valence-corrected chi connectivity index (χ2v) is 7.64. The van der Waals surface area contributed by atoms with Gasteiger partial charge in [0.05, 0.1) is 18.4 Å². The lowest BCUT2D eigenvalue weighted by Gasteiger charge is -2.15. The molecule has 0 saturated heterocycles. The number of hydrogen-bond acceptors (Lipinski definition) is 7. The van der Waals surface area contributed by atoms with Crippen molar-refractivity contribution >= 4 is 11.8 Å². The van der Waals surface area contributed by atoms with Crippen molar-refractivity contribution in [2.24, 2.45) is 5.73 Å². The van der Waals surface area contributed by atoms with Gasteiger partial charge in [-0.15, -0.1) is 5.10 Å². The molecule has 1 saturated carbocycles. The van der Waals surface area contributed by atoms with Crippen LogP contribution in [-0.2, 0) is 0 Å². The van der Waals surface area contributed by atoms with Gasteiger partial charge in [-0.2, -0.15) is 4.68 Å². The van der Waals surface area contributed by atoms with Gasteiger partial charge >= 0.3 is 0 Å². The van der Waals surface area contributed by atoms with Crippen LogP contribution in [0.15, 0.2) is 24.5 Å². The topological polar surface area (TPSA) is 142 Å². The Morgan fingerprint density at radius 3 is 2.21 bits per heavy atom. The Hall–Kier alpha value is -3.97. The highest BCUT2D eigenvalue weighted by molar-refractivity contribution is 5.94. The molecule has 1 aliphatic rings. The molecule has 1 atom stereocenters. The van der Waals surface area contributed by atoms with Crippen LogP contribution < -0.4 is 11.1 Å². The van der Waals surface area contributed by atoms with Crippen LogP contribution in [0.3, 0.4) is 0 Å². The summed E-state index contributed by atoms with van der Waals surface area (Å²) in [5.74, 6) is -0.542. The first-order valence-corrected chi connectivity index (χ1v) is 10.1. The van der Waals surface area contributed by atoms with E-state index in [2.05, 4.69) is 30.4 Å². The van der Waals surface area contributed by atoms with E-state index < -0.39 is 47.7 Å². The van der Waals surface area contributed by atoms with Crippen LogP contribution in [0.25, 0.3) is 5.82 Å². The molecule has 0 spiro atoms. The van der Waals surface area contributed by atoms with E-state index in [0.29, 0.717) is 5.82 Å². The molecule has 34 heavy (non-hydrogen) atoms. The molecule has 0 aromatic carbocycles. The summed E-state index contributed by atoms with van der Waals surface area (Å²) < 4.78 is 53.7. The van der Waals surface area contributed by atoms with Crippen molar-refractivity contribution in [3.63, 3.8) is 0 Å². The lowest BCUT2D eigenvalue weighted by molar-refractivity contribution is 0.0934. The molecule has 3 aromatic heterocycles. The number of nitrogens with two attached hydrogens (primary N) is 1. The Bertz CT molecular complexity index is 1200. The van der Waals surface area contributed by atoms with Gasteiger partial charge < -0.3 is 11.1 Å². The van der Waals surface area contributed by atoms with Crippen molar-refractivity contribution in [3.05, 3.63) is 58.8 Å². The summed E-state index contributed by atoms with van der Waals surface area (Å²) in [5.41, 5.74) is 2.86. The van der Waals surface area contributed by atoms with Gasteiger partial charge in [0.25, 0.3) is 24.7 Å². The number of nitrogens with one attached hydrogen (secondary N) is 1. The largest absolute Gasteiger partial charge is 0.364 e. The first kappa shape index (κ1) is 23.2. The Morgan fingerprint density at radius 1 is 1.06 bits per heavy atom. The van der Waals surface area contributed by atoms with Crippen molar-refractivity contribution < 1.29 is 27.2 Å². The van der Waals surface area contributed by atoms with Gasteiger partial charge in [-0.1, -0.05) is 0 Å². The smallest absolute Gasteiger partial charge is 0.280 e. The van der Waals surface area contributed by atoms with E-state index in [4.69, 9.17) is 5.73 Å². The summed E-state index contributed by atoms with van der Waals surface area (Å²) in [4.78, 5) is 39.7. The average Bonchev–Trinajstić information content (AvgIpc) is 3.56. The van der Waals surface area contributed by atoms with Gasteiger partial charge in [-0.05, 0) is 31.9 Å². The Kier molecular flexibility index (Phi) is 6.22. The Labute approximate surface area is 189 Å². The zero-order valence-electron chi connectivity index (χ0n) is 17.6. The number of amides is 2. The number of carbonyl (C=O) groups excluding carboxylic acids is 2. The fourth-order valence-electron chi connectivity index (χ4n) is 3.14. The molecule has 0 unspecified atom stereocenters. The molecule has 0 bridgehead atoms. The van der Waals surface area contributed by atoms with Crippen molar-refractivity contribution in [1.29, 1.82) is 0 Å². The predicted molar refractivity (Wildman–Crippen MR) is 107 cm³/mol. The summed E-state index contributed by atoms with van der Waals surface area (Å²) in [7, 11) is 0. The average molecular weight is 478 g/mol. The Morgan fingerprint density at radius 2 is 1.71 bits per heavy atom. The highest BCUT2D eigenvalue weighted by Crippen LogP contribution is 2.38. The minimum Gasteiger partial charge on any atom is -0.364 e. The van der Waals surface area contributed by atoms with Crippen LogP contribution in [0.5, 0.6) is 0 Å². The molecule has 3 aromatic rings. The standard InChI is InChI=1S/C20H18F4N8O2/c1-8(28-20(34)10-4-11(15(21)22)29-12(5-10)16(23)24)19-30-18(9-2-3-9)31-32(19)14-7-26-13(6-27-14)17(25)33/h4-9,15-16H,2-3H2,1H3,(H2,25,33)(H,28,34)/t8-/m0/s1. The van der Waals surface area contributed by atoms with E-state index >= 15 is 0 Å². The van der Waals surface area contributed by atoms with Gasteiger partial charge in [-0.3, -0.25) is 9.59 Å². The molecule has 2 amide bonds. The third-order valence-corrected chi connectivity index (χ3v) is 5.01. The van der Waals surface area contributed by atoms with E-state index in [0.717, 1.165) is 31.2 Å². The predicted octanol–water partition coefficient (Wildman–Crippen LogP) is 2.79. The van der Waals surface area contributed by atoms with E-state index in [1.807, 2.05) is 0 Å². The number of hydrogen-bond donors (Lipinski definition) is 2. The van der Waals surface area contributed by atoms with Crippen molar-refractivity contribution in [2.45, 2.75) is 44.6 Å². The summed E-state index contributed by atoms with van der Waals surface area (Å²) in [6, 6.07) is 0.684. The second-order valence-electron chi connectivity index (χ2n) is 7.64. The zero-order chi connectivity index (χ0) is 24.6. The summed E-state index contributed by atoms with van der Waals surface area (Å²) in [6.45, 7) is 1.56. The molecule has 178 valence electrons. The van der Waals surface area contributed by atoms with Crippen LogP contribution in [0.1, 0.15) is 88.5 Å². The first-order valence-electron chi connectivity index (χ1n) is 10.1.